The topological polar surface area (TPSA) is 80.4 Å². The predicted molar refractivity (Wildman–Crippen MR) is 129 cm³/mol. The molecule has 1 N–H and O–H groups in total. The number of benzene rings is 1. The fourth-order valence-electron chi connectivity index (χ4n) is 4.89. The second-order valence-electron chi connectivity index (χ2n) is 9.31. The van der Waals surface area contributed by atoms with Gasteiger partial charge >= 0.3 is 0 Å². The summed E-state index contributed by atoms with van der Waals surface area (Å²) in [7, 11) is 0. The molecule has 1 aliphatic heterocycles. The minimum atomic E-state index is -1.06. The second-order valence-corrected chi connectivity index (χ2v) is 9.31. The van der Waals surface area contributed by atoms with Gasteiger partial charge in [-0.25, -0.2) is 0 Å². The zero-order valence-corrected chi connectivity index (χ0v) is 19.5. The first-order valence-corrected chi connectivity index (χ1v) is 12.0. The lowest BCUT2D eigenvalue weighted by Crippen LogP contribution is -2.64. The molecule has 1 atom stereocenters. The minimum Gasteiger partial charge on any atom is -0.463 e. The highest BCUT2D eigenvalue weighted by atomic mass is 16.3. The third-order valence-corrected chi connectivity index (χ3v) is 6.90. The van der Waals surface area contributed by atoms with Crippen LogP contribution in [0.5, 0.6) is 0 Å². The van der Waals surface area contributed by atoms with Crippen molar-refractivity contribution in [2.75, 3.05) is 6.54 Å². The highest BCUT2D eigenvalue weighted by molar-refractivity contribution is 6.00. The molecule has 5 rings (SSSR count). The summed E-state index contributed by atoms with van der Waals surface area (Å²) in [5, 5.41) is 7.66. The van der Waals surface area contributed by atoms with Gasteiger partial charge in [-0.15, -0.1) is 0 Å². The molecule has 0 radical (unpaired) electrons. The quantitative estimate of drug-likeness (QED) is 0.526. The first kappa shape index (κ1) is 22.2. The Morgan fingerprint density at radius 2 is 2.03 bits per heavy atom. The SMILES string of the molecule is C[C@@]1(C(=O)NCc2ccccc2)Cn2nc(-c3ccco3)cc2C(=O)N1CCC1=CCCCC1. The molecule has 7 heteroatoms. The normalized spacial score (nSPS) is 20.1. The van der Waals surface area contributed by atoms with Crippen molar-refractivity contribution in [3.8, 4) is 11.5 Å². The average Bonchev–Trinajstić information content (AvgIpc) is 3.54. The maximum absolute atomic E-state index is 13.7. The van der Waals surface area contributed by atoms with E-state index >= 15 is 0 Å². The Hall–Kier alpha value is -3.61. The fourth-order valence-corrected chi connectivity index (χ4v) is 4.89. The Kier molecular flexibility index (Phi) is 6.09. The highest BCUT2D eigenvalue weighted by Gasteiger charge is 2.47. The maximum Gasteiger partial charge on any atom is 0.273 e. The van der Waals surface area contributed by atoms with Crippen LogP contribution in [0.2, 0.25) is 0 Å². The molecule has 34 heavy (non-hydrogen) atoms. The smallest absolute Gasteiger partial charge is 0.273 e. The summed E-state index contributed by atoms with van der Waals surface area (Å²) in [5.74, 6) is 0.247. The summed E-state index contributed by atoms with van der Waals surface area (Å²) in [4.78, 5) is 29.0. The Balaban J connectivity index is 1.43. The third-order valence-electron chi connectivity index (χ3n) is 6.90. The Morgan fingerprint density at radius 1 is 1.18 bits per heavy atom. The van der Waals surface area contributed by atoms with Gasteiger partial charge in [0.25, 0.3) is 5.91 Å². The van der Waals surface area contributed by atoms with Gasteiger partial charge in [-0.2, -0.15) is 5.10 Å². The number of amides is 2. The number of allylic oxidation sites excluding steroid dienone is 1. The van der Waals surface area contributed by atoms with Crippen molar-refractivity contribution in [3.05, 3.63) is 77.7 Å². The number of nitrogens with zero attached hydrogens (tertiary/aromatic N) is 3. The maximum atomic E-state index is 13.7. The first-order valence-electron chi connectivity index (χ1n) is 12.0. The molecule has 1 aromatic carbocycles. The number of furan rings is 1. The van der Waals surface area contributed by atoms with Gasteiger partial charge in [0.1, 0.15) is 16.9 Å². The fraction of sp³-hybridized carbons (Fsp3) is 0.370. The first-order chi connectivity index (χ1) is 16.5. The summed E-state index contributed by atoms with van der Waals surface area (Å²) in [5.41, 5.74) is 2.41. The van der Waals surface area contributed by atoms with Crippen LogP contribution in [0.15, 0.2) is 70.9 Å². The van der Waals surface area contributed by atoms with Gasteiger partial charge in [-0.05, 0) is 56.7 Å². The molecule has 2 aromatic heterocycles. The molecule has 2 amide bonds. The molecule has 0 unspecified atom stereocenters. The Bertz CT molecular complexity index is 1200. The van der Waals surface area contributed by atoms with Crippen molar-refractivity contribution < 1.29 is 14.0 Å². The largest absolute Gasteiger partial charge is 0.463 e. The van der Waals surface area contributed by atoms with Crippen molar-refractivity contribution in [3.63, 3.8) is 0 Å². The summed E-state index contributed by atoms with van der Waals surface area (Å²) in [6.45, 7) is 3.04. The van der Waals surface area contributed by atoms with Gasteiger partial charge in [0.05, 0.1) is 12.8 Å². The van der Waals surface area contributed by atoms with Crippen LogP contribution in [0.4, 0.5) is 0 Å². The molecule has 176 valence electrons. The van der Waals surface area contributed by atoms with Gasteiger partial charge in [-0.1, -0.05) is 42.0 Å². The molecule has 2 aliphatic rings. The van der Waals surface area contributed by atoms with E-state index in [0.717, 1.165) is 24.8 Å². The summed E-state index contributed by atoms with van der Waals surface area (Å²) in [6.07, 6.45) is 9.24. The van der Waals surface area contributed by atoms with E-state index in [4.69, 9.17) is 4.42 Å². The molecule has 0 saturated heterocycles. The molecule has 7 nitrogen and oxygen atoms in total. The van der Waals surface area contributed by atoms with Crippen LogP contribution in [0, 0.1) is 0 Å². The summed E-state index contributed by atoms with van der Waals surface area (Å²) < 4.78 is 7.14. The van der Waals surface area contributed by atoms with E-state index in [0.29, 0.717) is 30.2 Å². The van der Waals surface area contributed by atoms with Crippen LogP contribution in [-0.2, 0) is 17.9 Å². The number of rotatable bonds is 7. The van der Waals surface area contributed by atoms with E-state index in [9.17, 15) is 9.59 Å². The zero-order valence-electron chi connectivity index (χ0n) is 19.5. The van der Waals surface area contributed by atoms with Crippen LogP contribution in [0.25, 0.3) is 11.5 Å². The van der Waals surface area contributed by atoms with E-state index in [-0.39, 0.29) is 18.4 Å². The average molecular weight is 459 g/mol. The minimum absolute atomic E-state index is 0.176. The summed E-state index contributed by atoms with van der Waals surface area (Å²) >= 11 is 0. The predicted octanol–water partition coefficient (Wildman–Crippen LogP) is 4.56. The van der Waals surface area contributed by atoms with E-state index < -0.39 is 5.54 Å². The molecular weight excluding hydrogens is 428 g/mol. The van der Waals surface area contributed by atoms with Gasteiger partial charge < -0.3 is 14.6 Å². The molecule has 3 aromatic rings. The van der Waals surface area contributed by atoms with Gasteiger partial charge in [-0.3, -0.25) is 14.3 Å². The van der Waals surface area contributed by atoms with E-state index in [1.54, 1.807) is 28.0 Å². The van der Waals surface area contributed by atoms with Crippen molar-refractivity contribution >= 4 is 11.8 Å². The number of carbonyl (C=O) groups excluding carboxylic acids is 2. The van der Waals surface area contributed by atoms with Crippen molar-refractivity contribution in [1.82, 2.24) is 20.0 Å². The Morgan fingerprint density at radius 3 is 2.76 bits per heavy atom. The number of fused-ring (bicyclic) bond motifs is 1. The lowest BCUT2D eigenvalue weighted by molar-refractivity contribution is -0.133. The number of aromatic nitrogens is 2. The standard InChI is InChI=1S/C27H30N4O3/c1-27(26(33)28-18-21-11-6-3-7-12-21)19-31-23(17-22(29-31)24-13-8-16-34-24)25(32)30(27)15-14-20-9-4-2-5-10-20/h3,6-9,11-13,16-17H,2,4-5,10,14-15,18-19H2,1H3,(H,28,33)/t27-/m0/s1. The molecule has 0 spiro atoms. The third kappa shape index (κ3) is 4.30. The van der Waals surface area contributed by atoms with Gasteiger partial charge in [0.15, 0.2) is 5.76 Å². The van der Waals surface area contributed by atoms with E-state index in [1.807, 2.05) is 43.3 Å². The monoisotopic (exact) mass is 458 g/mol. The van der Waals surface area contributed by atoms with Crippen LogP contribution >= 0.6 is 0 Å². The summed E-state index contributed by atoms with van der Waals surface area (Å²) in [6, 6.07) is 15.2. The van der Waals surface area contributed by atoms with Gasteiger partial charge in [0.2, 0.25) is 5.91 Å². The van der Waals surface area contributed by atoms with Crippen molar-refractivity contribution in [2.24, 2.45) is 0 Å². The second kappa shape index (κ2) is 9.33. The molecular formula is C27H30N4O3. The van der Waals surface area contributed by atoms with Crippen LogP contribution in [0.3, 0.4) is 0 Å². The van der Waals surface area contributed by atoms with Crippen LogP contribution in [-0.4, -0.2) is 38.6 Å². The van der Waals surface area contributed by atoms with Crippen LogP contribution in [0.1, 0.15) is 55.1 Å². The number of hydrogen-bond donors (Lipinski definition) is 1. The van der Waals surface area contributed by atoms with E-state index in [1.165, 1.54) is 18.4 Å². The lowest BCUT2D eigenvalue weighted by atomic mass is 9.92. The highest BCUT2D eigenvalue weighted by Crippen LogP contribution is 2.31. The van der Waals surface area contributed by atoms with Crippen molar-refractivity contribution in [1.29, 1.82) is 0 Å². The lowest BCUT2D eigenvalue weighted by Gasteiger charge is -2.43. The Labute approximate surface area is 199 Å². The van der Waals surface area contributed by atoms with Crippen molar-refractivity contribution in [2.45, 2.75) is 57.7 Å². The molecule has 1 aliphatic carbocycles. The molecule has 0 fully saturated rings. The molecule has 3 heterocycles. The number of nitrogens with one attached hydrogen (secondary N) is 1. The molecule has 0 bridgehead atoms. The number of carbonyl (C=O) groups is 2. The zero-order chi connectivity index (χ0) is 23.5. The molecule has 0 saturated carbocycles. The number of hydrogen-bond acceptors (Lipinski definition) is 4. The van der Waals surface area contributed by atoms with Crippen LogP contribution < -0.4 is 5.32 Å². The van der Waals surface area contributed by atoms with E-state index in [2.05, 4.69) is 16.5 Å². The van der Waals surface area contributed by atoms with Gasteiger partial charge in [0, 0.05) is 19.2 Å².